The van der Waals surface area contributed by atoms with Gasteiger partial charge in [-0.2, -0.15) is 0 Å². The molecule has 2 N–H and O–H groups in total. The van der Waals surface area contributed by atoms with Crippen LogP contribution < -0.4 is 5.73 Å². The van der Waals surface area contributed by atoms with Crippen LogP contribution in [0.5, 0.6) is 0 Å². The summed E-state index contributed by atoms with van der Waals surface area (Å²) in [5.41, 5.74) is 9.17. The van der Waals surface area contributed by atoms with Gasteiger partial charge in [0.2, 0.25) is 0 Å². The van der Waals surface area contributed by atoms with E-state index in [0.29, 0.717) is 0 Å². The fraction of sp³-hybridized carbons (Fsp3) is 0.333. The van der Waals surface area contributed by atoms with Crippen LogP contribution in [-0.2, 0) is 0 Å². The number of hydrogen-bond acceptors (Lipinski definition) is 2. The van der Waals surface area contributed by atoms with E-state index in [1.807, 2.05) is 13.0 Å². The topological polar surface area (TPSA) is 39.2 Å². The Morgan fingerprint density at radius 2 is 2.00 bits per heavy atom. The molecule has 0 unspecified atom stereocenters. The Morgan fingerprint density at radius 3 is 2.64 bits per heavy atom. The predicted molar refractivity (Wildman–Crippen MR) is 58.3 cm³/mol. The van der Waals surface area contributed by atoms with E-state index in [1.165, 1.54) is 16.5 Å². The van der Waals surface area contributed by atoms with E-state index in [2.05, 4.69) is 26.0 Å². The Hall–Kier alpha value is -1.28. The van der Waals surface area contributed by atoms with Crippen LogP contribution in [0.15, 0.2) is 22.6 Å². The fourth-order valence-electron chi connectivity index (χ4n) is 1.79. The Morgan fingerprint density at radius 1 is 1.29 bits per heavy atom. The minimum absolute atomic E-state index is 0.0392. The van der Waals surface area contributed by atoms with Crippen LogP contribution in [-0.4, -0.2) is 0 Å². The summed E-state index contributed by atoms with van der Waals surface area (Å²) in [6.07, 6.45) is 0. The minimum atomic E-state index is -0.0392. The van der Waals surface area contributed by atoms with Gasteiger partial charge in [0.25, 0.3) is 0 Å². The second kappa shape index (κ2) is 3.14. The van der Waals surface area contributed by atoms with E-state index in [-0.39, 0.29) is 6.04 Å². The molecule has 0 saturated carbocycles. The summed E-state index contributed by atoms with van der Waals surface area (Å²) >= 11 is 0. The molecule has 1 heterocycles. The molecule has 0 spiro atoms. The number of aryl methyl sites for hydroxylation is 2. The molecule has 0 aliphatic rings. The first-order valence-corrected chi connectivity index (χ1v) is 4.85. The average molecular weight is 189 g/mol. The standard InChI is InChI=1S/C12H15NO/c1-7-4-5-11-10(6-7)8(2)12(14-11)9(3)13/h4-6,9H,13H2,1-3H3/t9-/m0/s1. The maximum absolute atomic E-state index is 5.82. The van der Waals surface area contributed by atoms with Crippen molar-refractivity contribution in [1.29, 1.82) is 0 Å². The van der Waals surface area contributed by atoms with Crippen molar-refractivity contribution in [3.8, 4) is 0 Å². The fourth-order valence-corrected chi connectivity index (χ4v) is 1.79. The zero-order chi connectivity index (χ0) is 10.3. The molecule has 1 aromatic heterocycles. The van der Waals surface area contributed by atoms with Gasteiger partial charge in [0.05, 0.1) is 6.04 Å². The van der Waals surface area contributed by atoms with Crippen LogP contribution in [0.3, 0.4) is 0 Å². The first-order valence-electron chi connectivity index (χ1n) is 4.85. The highest BCUT2D eigenvalue weighted by Gasteiger charge is 2.12. The van der Waals surface area contributed by atoms with Crippen molar-refractivity contribution in [2.24, 2.45) is 5.73 Å². The highest BCUT2D eigenvalue weighted by atomic mass is 16.3. The Bertz CT molecular complexity index is 468. The first kappa shape index (κ1) is 9.28. The molecule has 0 aliphatic carbocycles. The molecule has 0 amide bonds. The van der Waals surface area contributed by atoms with E-state index in [1.54, 1.807) is 0 Å². The monoisotopic (exact) mass is 189 g/mol. The summed E-state index contributed by atoms with van der Waals surface area (Å²) in [7, 11) is 0. The lowest BCUT2D eigenvalue weighted by Gasteiger charge is -2.00. The molecule has 14 heavy (non-hydrogen) atoms. The first-order chi connectivity index (χ1) is 6.59. The SMILES string of the molecule is Cc1ccc2oc([C@H](C)N)c(C)c2c1. The maximum atomic E-state index is 5.82. The predicted octanol–water partition coefficient (Wildman–Crippen LogP) is 3.07. The van der Waals surface area contributed by atoms with Gasteiger partial charge < -0.3 is 10.2 Å². The molecular weight excluding hydrogens is 174 g/mol. The third-order valence-corrected chi connectivity index (χ3v) is 2.54. The van der Waals surface area contributed by atoms with E-state index in [4.69, 9.17) is 10.2 Å². The van der Waals surface area contributed by atoms with Gasteiger partial charge in [-0.05, 0) is 38.5 Å². The van der Waals surface area contributed by atoms with Crippen LogP contribution in [0.4, 0.5) is 0 Å². The smallest absolute Gasteiger partial charge is 0.134 e. The van der Waals surface area contributed by atoms with Gasteiger partial charge in [0.1, 0.15) is 11.3 Å². The van der Waals surface area contributed by atoms with Gasteiger partial charge in [0.15, 0.2) is 0 Å². The molecule has 0 radical (unpaired) electrons. The third kappa shape index (κ3) is 1.32. The number of furan rings is 1. The summed E-state index contributed by atoms with van der Waals surface area (Å²) in [4.78, 5) is 0. The molecular formula is C12H15NO. The molecule has 0 bridgehead atoms. The van der Waals surface area contributed by atoms with Crippen molar-refractivity contribution in [3.05, 3.63) is 35.1 Å². The van der Waals surface area contributed by atoms with E-state index >= 15 is 0 Å². The molecule has 0 fully saturated rings. The Kier molecular flexibility index (Phi) is 2.08. The van der Waals surface area contributed by atoms with Crippen LogP contribution >= 0.6 is 0 Å². The van der Waals surface area contributed by atoms with Crippen LogP contribution in [0, 0.1) is 13.8 Å². The molecule has 2 heteroatoms. The number of fused-ring (bicyclic) bond motifs is 1. The van der Waals surface area contributed by atoms with Crippen LogP contribution in [0.25, 0.3) is 11.0 Å². The minimum Gasteiger partial charge on any atom is -0.459 e. The summed E-state index contributed by atoms with van der Waals surface area (Å²) in [6, 6.07) is 6.16. The molecule has 0 saturated heterocycles. The summed E-state index contributed by atoms with van der Waals surface area (Å²) in [5.74, 6) is 0.894. The van der Waals surface area contributed by atoms with Crippen LogP contribution in [0.1, 0.15) is 29.9 Å². The highest BCUT2D eigenvalue weighted by Crippen LogP contribution is 2.28. The Balaban J connectivity index is 2.74. The lowest BCUT2D eigenvalue weighted by Crippen LogP contribution is -2.04. The second-order valence-corrected chi connectivity index (χ2v) is 3.88. The summed E-state index contributed by atoms with van der Waals surface area (Å²) < 4.78 is 5.69. The number of rotatable bonds is 1. The van der Waals surface area contributed by atoms with Gasteiger partial charge in [-0.3, -0.25) is 0 Å². The molecule has 2 rings (SSSR count). The van der Waals surface area contributed by atoms with E-state index in [9.17, 15) is 0 Å². The van der Waals surface area contributed by atoms with Gasteiger partial charge in [-0.1, -0.05) is 11.6 Å². The van der Waals surface area contributed by atoms with Crippen molar-refractivity contribution < 1.29 is 4.42 Å². The number of hydrogen-bond donors (Lipinski definition) is 1. The normalized spacial score (nSPS) is 13.4. The lowest BCUT2D eigenvalue weighted by molar-refractivity contribution is 0.509. The number of nitrogens with two attached hydrogens (primary N) is 1. The van der Waals surface area contributed by atoms with Crippen molar-refractivity contribution >= 4 is 11.0 Å². The summed E-state index contributed by atoms with van der Waals surface area (Å²) in [6.45, 7) is 6.08. The zero-order valence-electron chi connectivity index (χ0n) is 8.79. The van der Waals surface area contributed by atoms with Gasteiger partial charge >= 0.3 is 0 Å². The number of benzene rings is 1. The highest BCUT2D eigenvalue weighted by molar-refractivity contribution is 5.82. The van der Waals surface area contributed by atoms with Gasteiger partial charge in [0, 0.05) is 5.39 Å². The van der Waals surface area contributed by atoms with Crippen LogP contribution in [0.2, 0.25) is 0 Å². The quantitative estimate of drug-likeness (QED) is 0.748. The summed E-state index contributed by atoms with van der Waals surface area (Å²) in [5, 5.41) is 1.18. The lowest BCUT2D eigenvalue weighted by atomic mass is 10.1. The van der Waals surface area contributed by atoms with Gasteiger partial charge in [-0.25, -0.2) is 0 Å². The van der Waals surface area contributed by atoms with Crippen molar-refractivity contribution in [2.45, 2.75) is 26.8 Å². The molecule has 0 aliphatic heterocycles. The molecule has 2 nitrogen and oxygen atoms in total. The average Bonchev–Trinajstić information content (AvgIpc) is 2.44. The van der Waals surface area contributed by atoms with Crippen molar-refractivity contribution in [2.75, 3.05) is 0 Å². The third-order valence-electron chi connectivity index (χ3n) is 2.54. The molecule has 1 aromatic carbocycles. The van der Waals surface area contributed by atoms with Gasteiger partial charge in [-0.15, -0.1) is 0 Å². The van der Waals surface area contributed by atoms with E-state index in [0.717, 1.165) is 11.3 Å². The van der Waals surface area contributed by atoms with Crippen molar-refractivity contribution in [3.63, 3.8) is 0 Å². The molecule has 2 aromatic rings. The maximum Gasteiger partial charge on any atom is 0.134 e. The van der Waals surface area contributed by atoms with Crippen molar-refractivity contribution in [1.82, 2.24) is 0 Å². The zero-order valence-corrected chi connectivity index (χ0v) is 8.79. The molecule has 74 valence electrons. The molecule has 1 atom stereocenters. The largest absolute Gasteiger partial charge is 0.459 e. The van der Waals surface area contributed by atoms with E-state index < -0.39 is 0 Å². The Labute approximate surface area is 83.7 Å². The second-order valence-electron chi connectivity index (χ2n) is 3.88.